The van der Waals surface area contributed by atoms with Crippen molar-refractivity contribution in [3.05, 3.63) is 59.0 Å². The SMILES string of the molecule is CN=C(NCCc1ccc(F)cc1C)NCc1ccc(N2CCOC(C)C2)nc1.I. The van der Waals surface area contributed by atoms with E-state index < -0.39 is 0 Å². The molecule has 0 spiro atoms. The Morgan fingerprint density at radius 3 is 2.80 bits per heavy atom. The third-order valence-electron chi connectivity index (χ3n) is 5.05. The van der Waals surface area contributed by atoms with Gasteiger partial charge in [-0.25, -0.2) is 9.37 Å². The zero-order valence-electron chi connectivity index (χ0n) is 17.8. The Balaban J connectivity index is 0.00000320. The molecule has 1 saturated heterocycles. The first kappa shape index (κ1) is 24.3. The van der Waals surface area contributed by atoms with Crippen molar-refractivity contribution in [2.45, 2.75) is 32.9 Å². The number of hydrogen-bond acceptors (Lipinski definition) is 4. The Bertz CT molecular complexity index is 831. The van der Waals surface area contributed by atoms with Crippen molar-refractivity contribution < 1.29 is 9.13 Å². The van der Waals surface area contributed by atoms with E-state index in [0.717, 1.165) is 61.1 Å². The number of halogens is 2. The smallest absolute Gasteiger partial charge is 0.191 e. The van der Waals surface area contributed by atoms with Crippen LogP contribution in [0, 0.1) is 12.7 Å². The quantitative estimate of drug-likeness (QED) is 0.343. The van der Waals surface area contributed by atoms with Gasteiger partial charge in [0.25, 0.3) is 0 Å². The van der Waals surface area contributed by atoms with Gasteiger partial charge < -0.3 is 20.3 Å². The molecule has 0 bridgehead atoms. The van der Waals surface area contributed by atoms with Gasteiger partial charge in [-0.2, -0.15) is 0 Å². The van der Waals surface area contributed by atoms with E-state index in [0.29, 0.717) is 6.54 Å². The number of nitrogens with zero attached hydrogens (tertiary/aromatic N) is 3. The lowest BCUT2D eigenvalue weighted by atomic mass is 10.1. The highest BCUT2D eigenvalue weighted by molar-refractivity contribution is 14.0. The van der Waals surface area contributed by atoms with Gasteiger partial charge in [0.05, 0.1) is 12.7 Å². The number of benzene rings is 1. The van der Waals surface area contributed by atoms with Crippen LogP contribution in [0.3, 0.4) is 0 Å². The van der Waals surface area contributed by atoms with E-state index in [1.54, 1.807) is 13.1 Å². The van der Waals surface area contributed by atoms with Crippen LogP contribution in [0.15, 0.2) is 41.5 Å². The fourth-order valence-corrected chi connectivity index (χ4v) is 3.40. The topological polar surface area (TPSA) is 61.8 Å². The van der Waals surface area contributed by atoms with Gasteiger partial charge in [-0.15, -0.1) is 24.0 Å². The molecule has 8 heteroatoms. The Morgan fingerprint density at radius 1 is 1.30 bits per heavy atom. The lowest BCUT2D eigenvalue weighted by Gasteiger charge is -2.32. The predicted octanol–water partition coefficient (Wildman–Crippen LogP) is 3.28. The minimum atomic E-state index is -0.195. The molecule has 2 heterocycles. The molecule has 1 aliphatic rings. The van der Waals surface area contributed by atoms with Gasteiger partial charge in [-0.3, -0.25) is 4.99 Å². The zero-order chi connectivity index (χ0) is 20.6. The van der Waals surface area contributed by atoms with Crippen LogP contribution in [-0.2, 0) is 17.7 Å². The molecule has 0 amide bonds. The van der Waals surface area contributed by atoms with Crippen molar-refractivity contribution in [2.24, 2.45) is 4.99 Å². The number of rotatable bonds is 6. The summed E-state index contributed by atoms with van der Waals surface area (Å²) >= 11 is 0. The normalized spacial score (nSPS) is 16.7. The molecule has 164 valence electrons. The van der Waals surface area contributed by atoms with Crippen molar-refractivity contribution >= 4 is 35.8 Å². The van der Waals surface area contributed by atoms with E-state index in [9.17, 15) is 4.39 Å². The van der Waals surface area contributed by atoms with Crippen LogP contribution in [0.25, 0.3) is 0 Å². The number of hydrogen-bond donors (Lipinski definition) is 2. The van der Waals surface area contributed by atoms with Crippen LogP contribution < -0.4 is 15.5 Å². The number of aromatic nitrogens is 1. The molecule has 0 aliphatic carbocycles. The first-order chi connectivity index (χ1) is 14.0. The molecule has 3 rings (SSSR count). The molecule has 2 aromatic rings. The van der Waals surface area contributed by atoms with Crippen LogP contribution in [-0.4, -0.2) is 50.3 Å². The maximum absolute atomic E-state index is 13.2. The third-order valence-corrected chi connectivity index (χ3v) is 5.05. The summed E-state index contributed by atoms with van der Waals surface area (Å²) in [6.07, 6.45) is 2.94. The molecular formula is C22H31FIN5O. The van der Waals surface area contributed by atoms with Crippen molar-refractivity contribution in [3.8, 4) is 0 Å². The number of pyridine rings is 1. The highest BCUT2D eigenvalue weighted by Crippen LogP contribution is 2.15. The predicted molar refractivity (Wildman–Crippen MR) is 130 cm³/mol. The average Bonchev–Trinajstić information content (AvgIpc) is 2.72. The second-order valence-corrected chi connectivity index (χ2v) is 7.33. The standard InChI is InChI=1S/C22H30FN5O.HI/c1-16-12-20(23)6-5-19(16)8-9-25-22(24-3)27-14-18-4-7-21(26-13-18)28-10-11-29-17(2)15-28;/h4-7,12-13,17H,8-11,14-15H2,1-3H3,(H2,24,25,27);1H. The van der Waals surface area contributed by atoms with Crippen LogP contribution >= 0.6 is 24.0 Å². The molecule has 1 atom stereocenters. The number of anilines is 1. The van der Waals surface area contributed by atoms with Gasteiger partial charge in [-0.05, 0) is 55.2 Å². The molecule has 1 aromatic heterocycles. The van der Waals surface area contributed by atoms with Gasteiger partial charge in [-0.1, -0.05) is 12.1 Å². The average molecular weight is 527 g/mol. The molecule has 0 radical (unpaired) electrons. The van der Waals surface area contributed by atoms with Crippen LogP contribution in [0.4, 0.5) is 10.2 Å². The number of ether oxygens (including phenoxy) is 1. The summed E-state index contributed by atoms with van der Waals surface area (Å²) in [5.41, 5.74) is 3.19. The van der Waals surface area contributed by atoms with Crippen LogP contribution in [0.2, 0.25) is 0 Å². The molecule has 2 N–H and O–H groups in total. The number of aliphatic imine (C=N–C) groups is 1. The highest BCUT2D eigenvalue weighted by atomic mass is 127. The summed E-state index contributed by atoms with van der Waals surface area (Å²) < 4.78 is 18.8. The minimum absolute atomic E-state index is 0. The molecule has 1 aliphatic heterocycles. The summed E-state index contributed by atoms with van der Waals surface area (Å²) in [5, 5.41) is 6.61. The van der Waals surface area contributed by atoms with Crippen molar-refractivity contribution in [1.29, 1.82) is 0 Å². The van der Waals surface area contributed by atoms with Gasteiger partial charge in [0.15, 0.2) is 5.96 Å². The van der Waals surface area contributed by atoms with Crippen molar-refractivity contribution in [2.75, 3.05) is 38.2 Å². The third kappa shape index (κ3) is 7.09. The number of aryl methyl sites for hydroxylation is 1. The second kappa shape index (κ2) is 12.0. The summed E-state index contributed by atoms with van der Waals surface area (Å²) in [4.78, 5) is 11.1. The van der Waals surface area contributed by atoms with Gasteiger partial charge in [0.2, 0.25) is 0 Å². The van der Waals surface area contributed by atoms with Crippen molar-refractivity contribution in [3.63, 3.8) is 0 Å². The lowest BCUT2D eigenvalue weighted by molar-refractivity contribution is 0.0529. The fraction of sp³-hybridized carbons (Fsp3) is 0.455. The van der Waals surface area contributed by atoms with E-state index in [-0.39, 0.29) is 35.9 Å². The number of morpholine rings is 1. The lowest BCUT2D eigenvalue weighted by Crippen LogP contribution is -2.41. The Kier molecular flexibility index (Phi) is 9.77. The summed E-state index contributed by atoms with van der Waals surface area (Å²) in [5.74, 6) is 1.52. The van der Waals surface area contributed by atoms with E-state index in [4.69, 9.17) is 4.74 Å². The fourth-order valence-electron chi connectivity index (χ4n) is 3.40. The van der Waals surface area contributed by atoms with Crippen molar-refractivity contribution in [1.82, 2.24) is 15.6 Å². The van der Waals surface area contributed by atoms with E-state index in [2.05, 4.69) is 44.6 Å². The van der Waals surface area contributed by atoms with Crippen LogP contribution in [0.5, 0.6) is 0 Å². The highest BCUT2D eigenvalue weighted by Gasteiger charge is 2.17. The minimum Gasteiger partial charge on any atom is -0.375 e. The zero-order valence-corrected chi connectivity index (χ0v) is 20.2. The Morgan fingerprint density at radius 2 is 2.13 bits per heavy atom. The first-order valence-corrected chi connectivity index (χ1v) is 10.1. The van der Waals surface area contributed by atoms with Gasteiger partial charge in [0, 0.05) is 39.4 Å². The van der Waals surface area contributed by atoms with E-state index in [1.165, 1.54) is 6.07 Å². The largest absolute Gasteiger partial charge is 0.375 e. The molecule has 1 aromatic carbocycles. The monoisotopic (exact) mass is 527 g/mol. The second-order valence-electron chi connectivity index (χ2n) is 7.33. The van der Waals surface area contributed by atoms with E-state index >= 15 is 0 Å². The molecule has 0 saturated carbocycles. The molecule has 30 heavy (non-hydrogen) atoms. The molecule has 6 nitrogen and oxygen atoms in total. The van der Waals surface area contributed by atoms with E-state index in [1.807, 2.05) is 19.2 Å². The van der Waals surface area contributed by atoms with Gasteiger partial charge in [0.1, 0.15) is 11.6 Å². The maximum Gasteiger partial charge on any atom is 0.191 e. The number of nitrogens with one attached hydrogen (secondary N) is 2. The molecule has 1 unspecified atom stereocenters. The summed E-state index contributed by atoms with van der Waals surface area (Å²) in [6.45, 7) is 7.86. The number of guanidine groups is 1. The first-order valence-electron chi connectivity index (χ1n) is 10.1. The Labute approximate surface area is 195 Å². The van der Waals surface area contributed by atoms with Crippen LogP contribution in [0.1, 0.15) is 23.6 Å². The molecular weight excluding hydrogens is 496 g/mol. The van der Waals surface area contributed by atoms with Gasteiger partial charge >= 0.3 is 0 Å². The summed E-state index contributed by atoms with van der Waals surface area (Å²) in [7, 11) is 1.75. The molecule has 1 fully saturated rings. The Hall–Kier alpha value is -1.94. The summed E-state index contributed by atoms with van der Waals surface area (Å²) in [6, 6.07) is 9.05. The maximum atomic E-state index is 13.2.